The van der Waals surface area contributed by atoms with Gasteiger partial charge in [0.2, 0.25) is 0 Å². The number of fused-ring (bicyclic) bond motifs is 5. The average Bonchev–Trinajstić information content (AvgIpc) is 2.82. The van der Waals surface area contributed by atoms with Crippen molar-refractivity contribution in [2.75, 3.05) is 0 Å². The maximum absolute atomic E-state index is 9.52. The number of rotatable bonds is 2. The van der Waals surface area contributed by atoms with Crippen LogP contribution < -0.4 is 0 Å². The highest BCUT2D eigenvalue weighted by Gasteiger charge is 2.60. The molecule has 0 amide bonds. The normalized spacial score (nSPS) is 51.6. The van der Waals surface area contributed by atoms with E-state index in [1.807, 2.05) is 0 Å². The van der Waals surface area contributed by atoms with Crippen LogP contribution in [0.15, 0.2) is 0 Å². The van der Waals surface area contributed by atoms with Crippen molar-refractivity contribution in [2.24, 2.45) is 40.4 Å². The summed E-state index contributed by atoms with van der Waals surface area (Å²) in [7, 11) is 0. The molecule has 4 rings (SSSR count). The van der Waals surface area contributed by atoms with E-state index < -0.39 is 5.97 Å². The average molecular weight is 337 g/mol. The van der Waals surface area contributed by atoms with Gasteiger partial charge in [0.1, 0.15) is 0 Å². The van der Waals surface area contributed by atoms with E-state index in [0.29, 0.717) is 5.41 Å². The van der Waals surface area contributed by atoms with Gasteiger partial charge in [0.25, 0.3) is 5.97 Å². The van der Waals surface area contributed by atoms with Crippen LogP contribution >= 0.6 is 0 Å². The molecule has 3 nitrogen and oxygen atoms in total. The molecule has 0 heterocycles. The first kappa shape index (κ1) is 17.3. The first-order chi connectivity index (χ1) is 11.2. The molecule has 3 heteroatoms. The van der Waals surface area contributed by atoms with E-state index in [-0.39, 0.29) is 17.8 Å². The number of hydrogen-bond donors (Lipinski definition) is 3. The Hall–Kier alpha value is -0.120. The van der Waals surface area contributed by atoms with Crippen molar-refractivity contribution in [1.29, 1.82) is 0 Å². The Labute approximate surface area is 146 Å². The lowest BCUT2D eigenvalue weighted by Gasteiger charge is -2.60. The molecule has 0 spiro atoms. The van der Waals surface area contributed by atoms with Gasteiger partial charge in [0.05, 0.1) is 0 Å². The van der Waals surface area contributed by atoms with Crippen LogP contribution in [0.1, 0.15) is 84.5 Å². The quantitative estimate of drug-likeness (QED) is 0.667. The smallest absolute Gasteiger partial charge is 0.275 e. The van der Waals surface area contributed by atoms with Crippen molar-refractivity contribution in [1.82, 2.24) is 0 Å². The predicted octanol–water partition coefficient (Wildman–Crippen LogP) is 4.06. The molecule has 4 aliphatic rings. The topological polar surface area (TPSA) is 60.7 Å². The SMILES string of the molecule is C[C@]12CCCC[C@H]1CC[C@@H]1[C@@H]2CC[C@]2(C)[C@@H](CC(O)(O)O)CC[C@@H]12. The van der Waals surface area contributed by atoms with Crippen LogP contribution in [-0.4, -0.2) is 21.3 Å². The maximum atomic E-state index is 9.52. The van der Waals surface area contributed by atoms with Gasteiger partial charge in [-0.1, -0.05) is 26.7 Å². The van der Waals surface area contributed by atoms with Gasteiger partial charge >= 0.3 is 0 Å². The standard InChI is InChI=1S/C21H36O3/c1-19-11-4-3-5-14(19)6-8-16-17-9-7-15(13-21(22,23)24)20(17,2)12-10-18(16)19/h14-18,22-24H,3-13H2,1-2H3/t14-,15+,16-,17-,18-,19-,20+/m0/s1. The van der Waals surface area contributed by atoms with Crippen molar-refractivity contribution >= 4 is 0 Å². The summed E-state index contributed by atoms with van der Waals surface area (Å²) in [5.74, 6) is 1.15. The Kier molecular flexibility index (Phi) is 4.10. The predicted molar refractivity (Wildman–Crippen MR) is 93.8 cm³/mol. The molecule has 0 aromatic carbocycles. The van der Waals surface area contributed by atoms with E-state index in [9.17, 15) is 15.3 Å². The third-order valence-corrected chi connectivity index (χ3v) is 9.30. The molecule has 0 aromatic heterocycles. The highest BCUT2D eigenvalue weighted by Crippen LogP contribution is 2.67. The Morgan fingerprint density at radius 1 is 0.792 bits per heavy atom. The Morgan fingerprint density at radius 3 is 2.29 bits per heavy atom. The van der Waals surface area contributed by atoms with Crippen molar-refractivity contribution in [2.45, 2.75) is 90.4 Å². The summed E-state index contributed by atoms with van der Waals surface area (Å²) in [6.07, 6.45) is 13.5. The van der Waals surface area contributed by atoms with Gasteiger partial charge in [-0.2, -0.15) is 0 Å². The first-order valence-corrected chi connectivity index (χ1v) is 10.4. The van der Waals surface area contributed by atoms with Crippen molar-refractivity contribution in [3.63, 3.8) is 0 Å². The molecule has 0 bridgehead atoms. The Bertz CT molecular complexity index is 484. The highest BCUT2D eigenvalue weighted by molar-refractivity contribution is 5.08. The van der Waals surface area contributed by atoms with Crippen LogP contribution in [0.25, 0.3) is 0 Å². The van der Waals surface area contributed by atoms with E-state index >= 15 is 0 Å². The molecule has 138 valence electrons. The third kappa shape index (κ3) is 2.57. The lowest BCUT2D eigenvalue weighted by molar-refractivity contribution is -0.323. The van der Waals surface area contributed by atoms with Crippen LogP contribution in [0.4, 0.5) is 0 Å². The molecular weight excluding hydrogens is 300 g/mol. The molecule has 3 N–H and O–H groups in total. The molecule has 7 atom stereocenters. The van der Waals surface area contributed by atoms with Gasteiger partial charge in [-0.3, -0.25) is 0 Å². The zero-order valence-corrected chi connectivity index (χ0v) is 15.5. The maximum Gasteiger partial charge on any atom is 0.275 e. The van der Waals surface area contributed by atoms with Crippen LogP contribution in [0.5, 0.6) is 0 Å². The van der Waals surface area contributed by atoms with Gasteiger partial charge in [0.15, 0.2) is 0 Å². The highest BCUT2D eigenvalue weighted by atomic mass is 16.7. The molecule has 4 fully saturated rings. The summed E-state index contributed by atoms with van der Waals surface area (Å²) in [4.78, 5) is 0. The van der Waals surface area contributed by atoms with E-state index in [1.165, 1.54) is 57.8 Å². The van der Waals surface area contributed by atoms with Crippen LogP contribution in [0.3, 0.4) is 0 Å². The van der Waals surface area contributed by atoms with Gasteiger partial charge in [-0.25, -0.2) is 0 Å². The van der Waals surface area contributed by atoms with Gasteiger partial charge in [0, 0.05) is 6.42 Å². The molecule has 0 radical (unpaired) electrons. The van der Waals surface area contributed by atoms with Crippen molar-refractivity contribution in [3.8, 4) is 0 Å². The van der Waals surface area contributed by atoms with E-state index in [1.54, 1.807) is 0 Å². The van der Waals surface area contributed by atoms with Crippen LogP contribution in [0.2, 0.25) is 0 Å². The first-order valence-electron chi connectivity index (χ1n) is 10.4. The van der Waals surface area contributed by atoms with E-state index in [0.717, 1.165) is 30.1 Å². The molecule has 0 aliphatic heterocycles. The van der Waals surface area contributed by atoms with Crippen LogP contribution in [0, 0.1) is 40.4 Å². The summed E-state index contributed by atoms with van der Waals surface area (Å²) < 4.78 is 0. The second kappa shape index (κ2) is 5.69. The summed E-state index contributed by atoms with van der Waals surface area (Å²) in [5.41, 5.74) is 0.758. The largest absolute Gasteiger partial charge is 0.344 e. The lowest BCUT2D eigenvalue weighted by Crippen LogP contribution is -2.53. The lowest BCUT2D eigenvalue weighted by atomic mass is 9.45. The molecule has 24 heavy (non-hydrogen) atoms. The fourth-order valence-electron chi connectivity index (χ4n) is 8.07. The summed E-state index contributed by atoms with van der Waals surface area (Å²) in [6, 6.07) is 0. The minimum Gasteiger partial charge on any atom is -0.344 e. The summed E-state index contributed by atoms with van der Waals surface area (Å²) in [5, 5.41) is 28.6. The second-order valence-corrected chi connectivity index (χ2v) is 10.2. The van der Waals surface area contributed by atoms with Gasteiger partial charge in [-0.05, 0) is 91.8 Å². The fraction of sp³-hybridized carbons (Fsp3) is 1.00. The number of hydrogen-bond acceptors (Lipinski definition) is 3. The third-order valence-electron chi connectivity index (χ3n) is 9.30. The van der Waals surface area contributed by atoms with Crippen molar-refractivity contribution in [3.05, 3.63) is 0 Å². The molecular formula is C21H36O3. The molecule has 0 aromatic rings. The van der Waals surface area contributed by atoms with E-state index in [4.69, 9.17) is 0 Å². The van der Waals surface area contributed by atoms with Crippen molar-refractivity contribution < 1.29 is 15.3 Å². The van der Waals surface area contributed by atoms with Gasteiger partial charge < -0.3 is 15.3 Å². The zero-order valence-electron chi connectivity index (χ0n) is 15.5. The Morgan fingerprint density at radius 2 is 1.54 bits per heavy atom. The van der Waals surface area contributed by atoms with E-state index in [2.05, 4.69) is 13.8 Å². The van der Waals surface area contributed by atoms with Gasteiger partial charge in [-0.15, -0.1) is 0 Å². The number of aliphatic hydroxyl groups is 3. The fourth-order valence-corrected chi connectivity index (χ4v) is 8.07. The second-order valence-electron chi connectivity index (χ2n) is 10.2. The summed E-state index contributed by atoms with van der Waals surface area (Å²) in [6.45, 7) is 4.98. The zero-order chi connectivity index (χ0) is 17.2. The summed E-state index contributed by atoms with van der Waals surface area (Å²) >= 11 is 0. The molecule has 0 unspecified atom stereocenters. The Balaban J connectivity index is 1.57. The molecule has 4 saturated carbocycles. The minimum atomic E-state index is -2.49. The molecule has 0 saturated heterocycles. The minimum absolute atomic E-state index is 0.122. The monoisotopic (exact) mass is 336 g/mol. The molecule has 4 aliphatic carbocycles. The van der Waals surface area contributed by atoms with Crippen LogP contribution in [-0.2, 0) is 0 Å².